The van der Waals surface area contributed by atoms with Crippen molar-refractivity contribution in [1.29, 1.82) is 0 Å². The zero-order valence-corrected chi connectivity index (χ0v) is 13.4. The molecule has 0 saturated carbocycles. The summed E-state index contributed by atoms with van der Waals surface area (Å²) < 4.78 is 0. The lowest BCUT2D eigenvalue weighted by Gasteiger charge is -2.32. The number of nitrogens with two attached hydrogens (primary N) is 1. The molecule has 0 saturated heterocycles. The summed E-state index contributed by atoms with van der Waals surface area (Å²) in [7, 11) is 4.28. The minimum Gasteiger partial charge on any atom is -0.330 e. The lowest BCUT2D eigenvalue weighted by Crippen LogP contribution is -2.31. The van der Waals surface area contributed by atoms with Gasteiger partial charge in [0.2, 0.25) is 0 Å². The maximum absolute atomic E-state index is 5.93. The fourth-order valence-corrected chi connectivity index (χ4v) is 2.69. The van der Waals surface area contributed by atoms with Gasteiger partial charge < -0.3 is 10.6 Å². The average molecular weight is 262 g/mol. The Morgan fingerprint density at radius 1 is 1.11 bits per heavy atom. The SMILES string of the molecule is CCC(CN)C(c1ccc(C(C)(C)C)cc1)N(C)C. The van der Waals surface area contributed by atoms with Crippen molar-refractivity contribution in [3.05, 3.63) is 35.4 Å². The Balaban J connectivity index is 3.05. The normalized spacial score (nSPS) is 15.6. The predicted molar refractivity (Wildman–Crippen MR) is 84.4 cm³/mol. The summed E-state index contributed by atoms with van der Waals surface area (Å²) in [5.41, 5.74) is 8.90. The van der Waals surface area contributed by atoms with Gasteiger partial charge in [0.1, 0.15) is 0 Å². The average Bonchev–Trinajstić information content (AvgIpc) is 2.34. The Kier molecular flexibility index (Phi) is 5.57. The number of hydrogen-bond acceptors (Lipinski definition) is 2. The molecule has 2 N–H and O–H groups in total. The van der Waals surface area contributed by atoms with Crippen molar-refractivity contribution in [1.82, 2.24) is 4.90 Å². The van der Waals surface area contributed by atoms with Crippen LogP contribution in [0.3, 0.4) is 0 Å². The molecule has 2 heteroatoms. The molecule has 2 unspecified atom stereocenters. The topological polar surface area (TPSA) is 29.3 Å². The molecule has 1 rings (SSSR count). The third-order valence-electron chi connectivity index (χ3n) is 3.95. The van der Waals surface area contributed by atoms with E-state index in [1.54, 1.807) is 0 Å². The van der Waals surface area contributed by atoms with Crippen molar-refractivity contribution >= 4 is 0 Å². The molecule has 0 radical (unpaired) electrons. The Morgan fingerprint density at radius 2 is 1.63 bits per heavy atom. The lowest BCUT2D eigenvalue weighted by atomic mass is 9.84. The third kappa shape index (κ3) is 4.05. The van der Waals surface area contributed by atoms with E-state index in [2.05, 4.69) is 71.0 Å². The van der Waals surface area contributed by atoms with Crippen LogP contribution in [0.1, 0.15) is 51.3 Å². The van der Waals surface area contributed by atoms with Crippen molar-refractivity contribution in [2.45, 2.75) is 45.6 Å². The highest BCUT2D eigenvalue weighted by Gasteiger charge is 2.23. The molecule has 0 amide bonds. The van der Waals surface area contributed by atoms with Crippen LogP contribution in [-0.4, -0.2) is 25.5 Å². The summed E-state index contributed by atoms with van der Waals surface area (Å²) in [5.74, 6) is 0.510. The monoisotopic (exact) mass is 262 g/mol. The van der Waals surface area contributed by atoms with Gasteiger partial charge in [0.15, 0.2) is 0 Å². The molecule has 0 bridgehead atoms. The maximum atomic E-state index is 5.93. The van der Waals surface area contributed by atoms with Gasteiger partial charge in [0.05, 0.1) is 0 Å². The first-order chi connectivity index (χ1) is 8.81. The van der Waals surface area contributed by atoms with E-state index in [9.17, 15) is 0 Å². The van der Waals surface area contributed by atoms with Crippen LogP contribution in [-0.2, 0) is 5.41 Å². The van der Waals surface area contributed by atoms with Gasteiger partial charge in [-0.05, 0) is 43.1 Å². The third-order valence-corrected chi connectivity index (χ3v) is 3.95. The molecule has 0 aliphatic heterocycles. The quantitative estimate of drug-likeness (QED) is 0.879. The van der Waals surface area contributed by atoms with Crippen molar-refractivity contribution in [2.24, 2.45) is 11.7 Å². The Morgan fingerprint density at radius 3 is 1.95 bits per heavy atom. The van der Waals surface area contributed by atoms with Crippen molar-refractivity contribution in [3.63, 3.8) is 0 Å². The van der Waals surface area contributed by atoms with Gasteiger partial charge in [0, 0.05) is 6.04 Å². The number of rotatable bonds is 5. The van der Waals surface area contributed by atoms with E-state index in [-0.39, 0.29) is 5.41 Å². The van der Waals surface area contributed by atoms with Crippen molar-refractivity contribution < 1.29 is 0 Å². The molecule has 2 atom stereocenters. The minimum absolute atomic E-state index is 0.212. The molecular formula is C17H30N2. The largest absolute Gasteiger partial charge is 0.330 e. The summed E-state index contributed by atoms with van der Waals surface area (Å²) in [5, 5.41) is 0. The molecular weight excluding hydrogens is 232 g/mol. The molecule has 0 aliphatic rings. The fraction of sp³-hybridized carbons (Fsp3) is 0.647. The highest BCUT2D eigenvalue weighted by atomic mass is 15.1. The van der Waals surface area contributed by atoms with E-state index in [0.717, 1.165) is 13.0 Å². The van der Waals surface area contributed by atoms with Gasteiger partial charge in [-0.15, -0.1) is 0 Å². The minimum atomic E-state index is 0.212. The lowest BCUT2D eigenvalue weighted by molar-refractivity contribution is 0.211. The van der Waals surface area contributed by atoms with Gasteiger partial charge in [-0.25, -0.2) is 0 Å². The molecule has 0 heterocycles. The zero-order valence-electron chi connectivity index (χ0n) is 13.4. The van der Waals surface area contributed by atoms with E-state index < -0.39 is 0 Å². The fourth-order valence-electron chi connectivity index (χ4n) is 2.69. The molecule has 0 aromatic heterocycles. The van der Waals surface area contributed by atoms with Gasteiger partial charge in [-0.2, -0.15) is 0 Å². The molecule has 0 aliphatic carbocycles. The second kappa shape index (κ2) is 6.53. The first-order valence-corrected chi connectivity index (χ1v) is 7.28. The second-order valence-corrected chi connectivity index (χ2v) is 6.68. The number of benzene rings is 1. The van der Waals surface area contributed by atoms with Crippen LogP contribution in [0, 0.1) is 5.92 Å². The van der Waals surface area contributed by atoms with Gasteiger partial charge >= 0.3 is 0 Å². The molecule has 19 heavy (non-hydrogen) atoms. The summed E-state index contributed by atoms with van der Waals surface area (Å²) in [6.07, 6.45) is 1.11. The van der Waals surface area contributed by atoms with Crippen LogP contribution in [0.5, 0.6) is 0 Å². The van der Waals surface area contributed by atoms with E-state index in [1.165, 1.54) is 11.1 Å². The summed E-state index contributed by atoms with van der Waals surface area (Å²) >= 11 is 0. The van der Waals surface area contributed by atoms with Crippen LogP contribution in [0.4, 0.5) is 0 Å². The molecule has 2 nitrogen and oxygen atoms in total. The van der Waals surface area contributed by atoms with E-state index in [1.807, 2.05) is 0 Å². The van der Waals surface area contributed by atoms with Crippen molar-refractivity contribution in [3.8, 4) is 0 Å². The van der Waals surface area contributed by atoms with E-state index in [0.29, 0.717) is 12.0 Å². The molecule has 1 aromatic rings. The molecule has 0 fully saturated rings. The van der Waals surface area contributed by atoms with Gasteiger partial charge in [-0.1, -0.05) is 58.4 Å². The van der Waals surface area contributed by atoms with Crippen LogP contribution in [0.2, 0.25) is 0 Å². The first kappa shape index (κ1) is 16.2. The second-order valence-electron chi connectivity index (χ2n) is 6.68. The number of nitrogens with zero attached hydrogens (tertiary/aromatic N) is 1. The molecule has 0 spiro atoms. The standard InChI is InChI=1S/C17H30N2/c1-7-13(12-18)16(19(5)6)14-8-10-15(11-9-14)17(2,3)4/h8-11,13,16H,7,12,18H2,1-6H3. The van der Waals surface area contributed by atoms with Crippen LogP contribution >= 0.6 is 0 Å². The molecule has 1 aromatic carbocycles. The first-order valence-electron chi connectivity index (χ1n) is 7.28. The van der Waals surface area contributed by atoms with E-state index in [4.69, 9.17) is 5.73 Å². The van der Waals surface area contributed by atoms with E-state index >= 15 is 0 Å². The molecule has 108 valence electrons. The van der Waals surface area contributed by atoms with Crippen LogP contribution in [0.15, 0.2) is 24.3 Å². The highest BCUT2D eigenvalue weighted by Crippen LogP contribution is 2.30. The smallest absolute Gasteiger partial charge is 0.0382 e. The van der Waals surface area contributed by atoms with Crippen LogP contribution in [0.25, 0.3) is 0 Å². The van der Waals surface area contributed by atoms with Crippen molar-refractivity contribution in [2.75, 3.05) is 20.6 Å². The van der Waals surface area contributed by atoms with Gasteiger partial charge in [0.25, 0.3) is 0 Å². The summed E-state index contributed by atoms with van der Waals surface area (Å²) in [6, 6.07) is 9.46. The predicted octanol–water partition coefficient (Wildman–Crippen LogP) is 3.57. The Bertz CT molecular complexity index is 369. The van der Waals surface area contributed by atoms with Crippen LogP contribution < -0.4 is 5.73 Å². The van der Waals surface area contributed by atoms with Gasteiger partial charge in [-0.3, -0.25) is 0 Å². The zero-order chi connectivity index (χ0) is 14.6. The number of hydrogen-bond donors (Lipinski definition) is 1. The highest BCUT2D eigenvalue weighted by molar-refractivity contribution is 5.29. The summed E-state index contributed by atoms with van der Waals surface area (Å²) in [6.45, 7) is 9.71. The Hall–Kier alpha value is -0.860. The maximum Gasteiger partial charge on any atom is 0.0382 e. The Labute approximate surface area is 119 Å². The summed E-state index contributed by atoms with van der Waals surface area (Å²) in [4.78, 5) is 2.28.